The summed E-state index contributed by atoms with van der Waals surface area (Å²) in [5.41, 5.74) is 9.34. The summed E-state index contributed by atoms with van der Waals surface area (Å²) in [6, 6.07) is 17.0. The van der Waals surface area contributed by atoms with E-state index in [-0.39, 0.29) is 6.54 Å². The Kier molecular flexibility index (Phi) is 6.26. The van der Waals surface area contributed by atoms with E-state index in [9.17, 15) is 9.59 Å². The van der Waals surface area contributed by atoms with E-state index >= 15 is 0 Å². The molecule has 4 atom stereocenters. The van der Waals surface area contributed by atoms with Crippen molar-refractivity contribution in [2.24, 2.45) is 5.11 Å². The van der Waals surface area contributed by atoms with Gasteiger partial charge in [-0.15, -0.1) is 0 Å². The maximum absolute atomic E-state index is 12.5. The molecule has 0 N–H and O–H groups in total. The van der Waals surface area contributed by atoms with Gasteiger partial charge in [0, 0.05) is 4.91 Å². The fourth-order valence-electron chi connectivity index (χ4n) is 3.01. The summed E-state index contributed by atoms with van der Waals surface area (Å²) < 4.78 is 16.9. The molecule has 144 valence electrons. The zero-order valence-corrected chi connectivity index (χ0v) is 15.2. The average Bonchev–Trinajstić information content (AvgIpc) is 3.02. The van der Waals surface area contributed by atoms with Crippen LogP contribution in [0.3, 0.4) is 0 Å². The van der Waals surface area contributed by atoms with Gasteiger partial charge in [-0.05, 0) is 36.7 Å². The predicted octanol–water partition coefficient (Wildman–Crippen LogP) is 3.54. The quantitative estimate of drug-likeness (QED) is 0.329. The first-order valence-corrected chi connectivity index (χ1v) is 8.78. The summed E-state index contributed by atoms with van der Waals surface area (Å²) in [7, 11) is 0. The molecule has 1 unspecified atom stereocenters. The molecule has 0 radical (unpaired) electrons. The van der Waals surface area contributed by atoms with Gasteiger partial charge in [-0.3, -0.25) is 0 Å². The summed E-state index contributed by atoms with van der Waals surface area (Å²) in [5, 5.41) is 3.51. The summed E-state index contributed by atoms with van der Waals surface area (Å²) >= 11 is 0. The highest BCUT2D eigenvalue weighted by Gasteiger charge is 2.47. The number of ether oxygens (including phenoxy) is 3. The minimum absolute atomic E-state index is 0.0486. The Hall–Kier alpha value is -3.35. The van der Waals surface area contributed by atoms with E-state index in [1.54, 1.807) is 67.6 Å². The highest BCUT2D eigenvalue weighted by atomic mass is 16.6. The Morgan fingerprint density at radius 1 is 0.964 bits per heavy atom. The lowest BCUT2D eigenvalue weighted by Crippen LogP contribution is -2.40. The topological polar surface area (TPSA) is 111 Å². The lowest BCUT2D eigenvalue weighted by atomic mass is 10.1. The summed E-state index contributed by atoms with van der Waals surface area (Å²) in [4.78, 5) is 27.7. The van der Waals surface area contributed by atoms with Crippen LogP contribution in [0.15, 0.2) is 65.8 Å². The second-order valence-electron chi connectivity index (χ2n) is 6.26. The number of azide groups is 1. The second kappa shape index (κ2) is 9.03. The summed E-state index contributed by atoms with van der Waals surface area (Å²) in [6.45, 7) is 1.66. The lowest BCUT2D eigenvalue weighted by Gasteiger charge is -2.23. The molecule has 1 saturated heterocycles. The van der Waals surface area contributed by atoms with Crippen LogP contribution in [0.5, 0.6) is 0 Å². The average molecular weight is 381 g/mol. The molecule has 1 fully saturated rings. The van der Waals surface area contributed by atoms with Crippen LogP contribution in [0.25, 0.3) is 10.4 Å². The normalized spacial score (nSPS) is 23.5. The van der Waals surface area contributed by atoms with Gasteiger partial charge in [0.1, 0.15) is 6.10 Å². The third-order valence-corrected chi connectivity index (χ3v) is 4.37. The van der Waals surface area contributed by atoms with E-state index < -0.39 is 36.4 Å². The van der Waals surface area contributed by atoms with Gasteiger partial charge < -0.3 is 14.2 Å². The molecule has 1 aliphatic heterocycles. The van der Waals surface area contributed by atoms with Gasteiger partial charge in [0.25, 0.3) is 0 Å². The third-order valence-electron chi connectivity index (χ3n) is 4.37. The Labute approximate surface area is 161 Å². The molecule has 28 heavy (non-hydrogen) atoms. The van der Waals surface area contributed by atoms with Gasteiger partial charge >= 0.3 is 11.9 Å². The number of nitrogens with zero attached hydrogens (tertiary/aromatic N) is 3. The number of carbonyl (C=O) groups is 2. The van der Waals surface area contributed by atoms with Crippen LogP contribution in [-0.4, -0.2) is 42.9 Å². The first-order chi connectivity index (χ1) is 13.6. The SMILES string of the molecule is C[C@@H]1O[C@H](CN=[N+]=[N-])[C@@H](OC(=O)c2ccccc2)C1OC(=O)c1ccccc1. The Bertz CT molecular complexity index is 868. The highest BCUT2D eigenvalue weighted by molar-refractivity contribution is 5.90. The van der Waals surface area contributed by atoms with Crippen molar-refractivity contribution in [2.45, 2.75) is 31.3 Å². The van der Waals surface area contributed by atoms with Crippen LogP contribution in [0.4, 0.5) is 0 Å². The molecule has 3 rings (SSSR count). The van der Waals surface area contributed by atoms with Crippen molar-refractivity contribution >= 4 is 11.9 Å². The molecule has 0 bridgehead atoms. The van der Waals surface area contributed by atoms with Crippen LogP contribution in [0.2, 0.25) is 0 Å². The summed E-state index contributed by atoms with van der Waals surface area (Å²) in [5.74, 6) is -1.12. The van der Waals surface area contributed by atoms with Crippen molar-refractivity contribution in [1.82, 2.24) is 0 Å². The standard InChI is InChI=1S/C20H19N3O5/c1-13-17(27-19(24)14-8-4-2-5-9-14)18(16(26-13)12-22-23-21)28-20(25)15-10-6-3-7-11-15/h2-11,13,16-18H,12H2,1H3/t13-,16+,17?,18+/m0/s1. The van der Waals surface area contributed by atoms with Crippen LogP contribution >= 0.6 is 0 Å². The first kappa shape index (κ1) is 19.4. The van der Waals surface area contributed by atoms with E-state index in [1.165, 1.54) is 0 Å². The highest BCUT2D eigenvalue weighted by Crippen LogP contribution is 2.28. The van der Waals surface area contributed by atoms with Gasteiger partial charge in [-0.25, -0.2) is 9.59 Å². The monoisotopic (exact) mass is 381 g/mol. The molecule has 0 amide bonds. The zero-order chi connectivity index (χ0) is 19.9. The Balaban J connectivity index is 1.80. The van der Waals surface area contributed by atoms with Gasteiger partial charge in [0.2, 0.25) is 0 Å². The molecule has 2 aromatic rings. The van der Waals surface area contributed by atoms with Crippen molar-refractivity contribution < 1.29 is 23.8 Å². The van der Waals surface area contributed by atoms with Crippen LogP contribution in [0, 0.1) is 0 Å². The fraction of sp³-hybridized carbons (Fsp3) is 0.300. The smallest absolute Gasteiger partial charge is 0.338 e. The zero-order valence-electron chi connectivity index (χ0n) is 15.2. The number of esters is 2. The molecule has 8 nitrogen and oxygen atoms in total. The van der Waals surface area contributed by atoms with E-state index in [4.69, 9.17) is 19.7 Å². The molecule has 0 saturated carbocycles. The predicted molar refractivity (Wildman–Crippen MR) is 99.6 cm³/mol. The minimum atomic E-state index is -0.902. The van der Waals surface area contributed by atoms with E-state index in [1.807, 2.05) is 0 Å². The van der Waals surface area contributed by atoms with Crippen LogP contribution in [0.1, 0.15) is 27.6 Å². The Morgan fingerprint density at radius 3 is 1.96 bits per heavy atom. The van der Waals surface area contributed by atoms with Gasteiger partial charge in [-0.2, -0.15) is 0 Å². The Morgan fingerprint density at radius 2 is 1.46 bits per heavy atom. The first-order valence-electron chi connectivity index (χ1n) is 8.78. The van der Waals surface area contributed by atoms with Crippen LogP contribution in [-0.2, 0) is 14.2 Å². The van der Waals surface area contributed by atoms with Crippen molar-refractivity contribution in [3.05, 3.63) is 82.2 Å². The van der Waals surface area contributed by atoms with Crippen molar-refractivity contribution in [1.29, 1.82) is 0 Å². The molecular weight excluding hydrogens is 362 g/mol. The van der Waals surface area contributed by atoms with E-state index in [2.05, 4.69) is 10.0 Å². The molecule has 0 spiro atoms. The molecule has 0 aromatic heterocycles. The van der Waals surface area contributed by atoms with Crippen molar-refractivity contribution in [3.8, 4) is 0 Å². The number of hydrogen-bond acceptors (Lipinski definition) is 6. The third kappa shape index (κ3) is 4.49. The lowest BCUT2D eigenvalue weighted by molar-refractivity contribution is -0.0297. The maximum atomic E-state index is 12.5. The van der Waals surface area contributed by atoms with Crippen LogP contribution < -0.4 is 0 Å². The summed E-state index contributed by atoms with van der Waals surface area (Å²) in [6.07, 6.45) is -2.99. The fourth-order valence-corrected chi connectivity index (χ4v) is 3.01. The second-order valence-corrected chi connectivity index (χ2v) is 6.26. The number of carbonyl (C=O) groups excluding carboxylic acids is 2. The molecular formula is C20H19N3O5. The molecule has 0 aliphatic carbocycles. The number of rotatable bonds is 6. The molecule has 8 heteroatoms. The number of hydrogen-bond donors (Lipinski definition) is 0. The van der Waals surface area contributed by atoms with Gasteiger partial charge in [0.05, 0.1) is 23.8 Å². The molecule has 2 aromatic carbocycles. The molecule has 1 aliphatic rings. The minimum Gasteiger partial charge on any atom is -0.452 e. The van der Waals surface area contributed by atoms with Gasteiger partial charge in [-0.1, -0.05) is 41.5 Å². The number of benzene rings is 2. The van der Waals surface area contributed by atoms with Gasteiger partial charge in [0.15, 0.2) is 12.2 Å². The van der Waals surface area contributed by atoms with Crippen molar-refractivity contribution in [3.63, 3.8) is 0 Å². The maximum Gasteiger partial charge on any atom is 0.338 e. The largest absolute Gasteiger partial charge is 0.452 e. The van der Waals surface area contributed by atoms with E-state index in [0.717, 1.165) is 0 Å². The van der Waals surface area contributed by atoms with E-state index in [0.29, 0.717) is 11.1 Å². The van der Waals surface area contributed by atoms with Crippen molar-refractivity contribution in [2.75, 3.05) is 6.54 Å². The molecule has 1 heterocycles.